The van der Waals surface area contributed by atoms with E-state index in [1.165, 1.54) is 12.1 Å². The fourth-order valence-corrected chi connectivity index (χ4v) is 2.78. The average Bonchev–Trinajstić information content (AvgIpc) is 3.09. The second-order valence-electron chi connectivity index (χ2n) is 6.05. The molecule has 1 aromatic heterocycles. The molecular formula is C22H14F3NO. The Morgan fingerprint density at radius 2 is 1.52 bits per heavy atom. The lowest BCUT2D eigenvalue weighted by Gasteiger charge is -2.05. The second-order valence-corrected chi connectivity index (χ2v) is 6.05. The Balaban J connectivity index is 1.58. The number of halogens is 3. The Morgan fingerprint density at radius 1 is 0.778 bits per heavy atom. The molecule has 5 heteroatoms. The molecule has 0 spiro atoms. The van der Waals surface area contributed by atoms with Gasteiger partial charge in [-0.05, 0) is 47.0 Å². The number of hydrogen-bond acceptors (Lipinski definition) is 2. The number of oxazole rings is 1. The predicted molar refractivity (Wildman–Crippen MR) is 99.8 cm³/mol. The monoisotopic (exact) mass is 365 g/mol. The third-order valence-corrected chi connectivity index (χ3v) is 4.17. The average molecular weight is 365 g/mol. The van der Waals surface area contributed by atoms with E-state index >= 15 is 0 Å². The van der Waals surface area contributed by atoms with E-state index in [0.717, 1.165) is 28.8 Å². The summed E-state index contributed by atoms with van der Waals surface area (Å²) in [6.45, 7) is 0. The van der Waals surface area contributed by atoms with E-state index in [0.29, 0.717) is 17.0 Å². The van der Waals surface area contributed by atoms with Gasteiger partial charge in [-0.15, -0.1) is 0 Å². The zero-order valence-corrected chi connectivity index (χ0v) is 14.1. The van der Waals surface area contributed by atoms with Gasteiger partial charge in [0.2, 0.25) is 5.89 Å². The summed E-state index contributed by atoms with van der Waals surface area (Å²) in [4.78, 5) is 4.44. The third kappa shape index (κ3) is 3.77. The van der Waals surface area contributed by atoms with E-state index in [9.17, 15) is 13.2 Å². The van der Waals surface area contributed by atoms with E-state index in [2.05, 4.69) is 4.98 Å². The van der Waals surface area contributed by atoms with Crippen molar-refractivity contribution in [2.24, 2.45) is 0 Å². The first-order chi connectivity index (χ1) is 13.0. The van der Waals surface area contributed by atoms with Crippen LogP contribution in [0.1, 0.15) is 17.0 Å². The lowest BCUT2D eigenvalue weighted by molar-refractivity contribution is -0.137. The van der Waals surface area contributed by atoms with Gasteiger partial charge in [-0.25, -0.2) is 4.98 Å². The van der Waals surface area contributed by atoms with E-state index in [1.807, 2.05) is 48.5 Å². The Morgan fingerprint density at radius 3 is 2.22 bits per heavy atom. The molecule has 1 heterocycles. The zero-order valence-electron chi connectivity index (χ0n) is 14.1. The summed E-state index contributed by atoms with van der Waals surface area (Å²) in [6.07, 6.45) is -1.02. The summed E-state index contributed by atoms with van der Waals surface area (Å²) < 4.78 is 43.5. The van der Waals surface area contributed by atoms with Gasteiger partial charge in [0.15, 0.2) is 5.58 Å². The van der Waals surface area contributed by atoms with Gasteiger partial charge in [0.25, 0.3) is 0 Å². The number of fused-ring (bicyclic) bond motifs is 1. The molecule has 0 aliphatic carbocycles. The molecule has 4 rings (SSSR count). The Labute approximate surface area is 153 Å². The highest BCUT2D eigenvalue weighted by atomic mass is 19.4. The molecule has 0 amide bonds. The molecule has 0 aliphatic rings. The van der Waals surface area contributed by atoms with Crippen molar-refractivity contribution in [3.63, 3.8) is 0 Å². The van der Waals surface area contributed by atoms with Crippen LogP contribution in [0.2, 0.25) is 0 Å². The number of aromatic nitrogens is 1. The van der Waals surface area contributed by atoms with Crippen molar-refractivity contribution < 1.29 is 17.6 Å². The maximum atomic E-state index is 12.6. The highest BCUT2D eigenvalue weighted by molar-refractivity contribution is 5.82. The summed E-state index contributed by atoms with van der Waals surface area (Å²) in [6, 6.07) is 20.7. The van der Waals surface area contributed by atoms with Gasteiger partial charge < -0.3 is 4.42 Å². The van der Waals surface area contributed by atoms with Gasteiger partial charge in [-0.2, -0.15) is 13.2 Å². The van der Waals surface area contributed by atoms with Crippen molar-refractivity contribution in [3.8, 4) is 11.1 Å². The highest BCUT2D eigenvalue weighted by Gasteiger charge is 2.29. The molecule has 0 saturated heterocycles. The van der Waals surface area contributed by atoms with E-state index < -0.39 is 11.7 Å². The lowest BCUT2D eigenvalue weighted by Crippen LogP contribution is -2.03. The number of hydrogen-bond donors (Lipinski definition) is 0. The number of rotatable bonds is 3. The molecule has 4 aromatic rings. The van der Waals surface area contributed by atoms with E-state index in [1.54, 1.807) is 12.2 Å². The van der Waals surface area contributed by atoms with Crippen molar-refractivity contribution >= 4 is 23.3 Å². The Hall–Kier alpha value is -3.34. The van der Waals surface area contributed by atoms with Crippen LogP contribution >= 0.6 is 0 Å². The lowest BCUT2D eigenvalue weighted by atomic mass is 10.1. The molecule has 0 radical (unpaired) electrons. The summed E-state index contributed by atoms with van der Waals surface area (Å²) in [5.41, 5.74) is 3.47. The molecule has 0 saturated carbocycles. The molecule has 0 unspecified atom stereocenters. The van der Waals surface area contributed by atoms with Crippen LogP contribution in [-0.2, 0) is 6.18 Å². The minimum absolute atomic E-state index is 0.398. The van der Waals surface area contributed by atoms with Crippen molar-refractivity contribution in [2.45, 2.75) is 6.18 Å². The maximum absolute atomic E-state index is 12.6. The fourth-order valence-electron chi connectivity index (χ4n) is 2.78. The van der Waals surface area contributed by atoms with E-state index in [4.69, 9.17) is 4.42 Å². The van der Waals surface area contributed by atoms with Crippen molar-refractivity contribution in [3.05, 3.63) is 89.8 Å². The van der Waals surface area contributed by atoms with Gasteiger partial charge in [0, 0.05) is 6.08 Å². The summed E-state index contributed by atoms with van der Waals surface area (Å²) in [5.74, 6) is 0.398. The second kappa shape index (κ2) is 6.76. The van der Waals surface area contributed by atoms with Crippen molar-refractivity contribution in [2.75, 3.05) is 0 Å². The van der Waals surface area contributed by atoms with Crippen molar-refractivity contribution in [1.82, 2.24) is 4.98 Å². The van der Waals surface area contributed by atoms with Crippen molar-refractivity contribution in [1.29, 1.82) is 0 Å². The molecule has 27 heavy (non-hydrogen) atoms. The molecular weight excluding hydrogens is 351 g/mol. The van der Waals surface area contributed by atoms with Gasteiger partial charge >= 0.3 is 6.18 Å². The van der Waals surface area contributed by atoms with Gasteiger partial charge in [-0.3, -0.25) is 0 Å². The van der Waals surface area contributed by atoms with Gasteiger partial charge in [-0.1, -0.05) is 48.5 Å². The normalized spacial score (nSPS) is 12.1. The SMILES string of the molecule is FC(F)(F)c1ccc(C=Cc2nc3cc(-c4ccccc4)ccc3o2)cc1. The van der Waals surface area contributed by atoms with Crippen LogP contribution in [0, 0.1) is 0 Å². The zero-order chi connectivity index (χ0) is 18.9. The first-order valence-electron chi connectivity index (χ1n) is 8.30. The Bertz CT molecular complexity index is 1090. The smallest absolute Gasteiger partial charge is 0.416 e. The number of benzene rings is 3. The van der Waals surface area contributed by atoms with Crippen LogP contribution in [-0.4, -0.2) is 4.98 Å². The topological polar surface area (TPSA) is 26.0 Å². The molecule has 3 aromatic carbocycles. The highest BCUT2D eigenvalue weighted by Crippen LogP contribution is 2.29. The molecule has 0 atom stereocenters. The van der Waals surface area contributed by atoms with Crippen LogP contribution in [0.5, 0.6) is 0 Å². The predicted octanol–water partition coefficient (Wildman–Crippen LogP) is 6.68. The Kier molecular flexibility index (Phi) is 4.28. The van der Waals surface area contributed by atoms with E-state index in [-0.39, 0.29) is 0 Å². The van der Waals surface area contributed by atoms with Gasteiger partial charge in [0.05, 0.1) is 5.56 Å². The quantitative estimate of drug-likeness (QED) is 0.404. The van der Waals surface area contributed by atoms with Gasteiger partial charge in [0.1, 0.15) is 5.52 Å². The number of nitrogens with zero attached hydrogens (tertiary/aromatic N) is 1. The van der Waals surface area contributed by atoms with Crippen LogP contribution in [0.15, 0.2) is 77.2 Å². The molecule has 2 nitrogen and oxygen atoms in total. The summed E-state index contributed by atoms with van der Waals surface area (Å²) in [7, 11) is 0. The molecule has 0 bridgehead atoms. The third-order valence-electron chi connectivity index (χ3n) is 4.17. The molecule has 0 fully saturated rings. The molecule has 134 valence electrons. The van der Waals surface area contributed by atoms with Crippen LogP contribution in [0.25, 0.3) is 34.4 Å². The summed E-state index contributed by atoms with van der Waals surface area (Å²) >= 11 is 0. The fraction of sp³-hybridized carbons (Fsp3) is 0.0455. The maximum Gasteiger partial charge on any atom is 0.416 e. The van der Waals surface area contributed by atoms with Crippen LogP contribution in [0.4, 0.5) is 13.2 Å². The van der Waals surface area contributed by atoms with Crippen LogP contribution in [0.3, 0.4) is 0 Å². The first-order valence-corrected chi connectivity index (χ1v) is 8.30. The minimum Gasteiger partial charge on any atom is -0.437 e. The first kappa shape index (κ1) is 17.1. The summed E-state index contributed by atoms with van der Waals surface area (Å²) in [5, 5.41) is 0. The van der Waals surface area contributed by atoms with Crippen LogP contribution < -0.4 is 0 Å². The largest absolute Gasteiger partial charge is 0.437 e. The molecule has 0 aliphatic heterocycles. The molecule has 0 N–H and O–H groups in total. The minimum atomic E-state index is -4.33. The standard InChI is InChI=1S/C22H14F3NO/c23-22(24,25)18-10-6-15(7-11-18)8-13-21-26-19-14-17(9-12-20(19)27-21)16-4-2-1-3-5-16/h1-14H. The number of alkyl halides is 3.